The van der Waals surface area contributed by atoms with Gasteiger partial charge in [-0.05, 0) is 23.8 Å². The molecule has 126 valence electrons. The maximum absolute atomic E-state index is 14.1. The molecule has 6 nitrogen and oxygen atoms in total. The van der Waals surface area contributed by atoms with Crippen molar-refractivity contribution in [1.82, 2.24) is 10.2 Å². The molecule has 0 unspecified atom stereocenters. The fourth-order valence-corrected chi connectivity index (χ4v) is 2.70. The van der Waals surface area contributed by atoms with Gasteiger partial charge in [0.05, 0.1) is 16.8 Å². The third kappa shape index (κ3) is 3.72. The number of aromatic amines is 1. The summed E-state index contributed by atoms with van der Waals surface area (Å²) in [4.78, 5) is 11.7. The smallest absolute Gasteiger partial charge is 0.272 e. The fourth-order valence-electron chi connectivity index (χ4n) is 2.35. The molecule has 0 fully saturated rings. The van der Waals surface area contributed by atoms with Crippen LogP contribution in [-0.2, 0) is 17.3 Å². The van der Waals surface area contributed by atoms with Crippen LogP contribution in [0.15, 0.2) is 47.3 Å². The molecule has 0 bridgehead atoms. The molecule has 0 saturated heterocycles. The van der Waals surface area contributed by atoms with Crippen molar-refractivity contribution in [2.75, 3.05) is 4.72 Å². The van der Waals surface area contributed by atoms with Gasteiger partial charge in [-0.15, -0.1) is 12.4 Å². The summed E-state index contributed by atoms with van der Waals surface area (Å²) in [5.41, 5.74) is 0.737. The van der Waals surface area contributed by atoms with Crippen LogP contribution in [-0.4, -0.2) is 18.6 Å². The lowest BCUT2D eigenvalue weighted by Crippen LogP contribution is -2.11. The highest BCUT2D eigenvalue weighted by Crippen LogP contribution is 2.20. The first-order valence-corrected chi connectivity index (χ1v) is 7.88. The van der Waals surface area contributed by atoms with E-state index in [0.717, 1.165) is 6.07 Å². The summed E-state index contributed by atoms with van der Waals surface area (Å²) in [5, 5.41) is 7.54. The number of nitrogens with one attached hydrogen (secondary N) is 2. The number of fused-ring (bicyclic) bond motifs is 1. The predicted molar refractivity (Wildman–Crippen MR) is 92.8 cm³/mol. The Bertz CT molecular complexity index is 1010. The third-order valence-corrected chi connectivity index (χ3v) is 3.85. The Kier molecular flexibility index (Phi) is 5.53. The second kappa shape index (κ2) is 7.41. The first-order chi connectivity index (χ1) is 11.0. The number of hydrogen-bond donors (Lipinski definition) is 3. The van der Waals surface area contributed by atoms with E-state index in [1.807, 2.05) is 0 Å². The van der Waals surface area contributed by atoms with Crippen LogP contribution < -0.4 is 10.3 Å². The van der Waals surface area contributed by atoms with Crippen molar-refractivity contribution in [2.24, 2.45) is 0 Å². The van der Waals surface area contributed by atoms with Crippen molar-refractivity contribution in [2.45, 2.75) is 6.42 Å². The standard InChI is InChI=1S/C15H12FN3O3S.ClH/c16-13-8-10(19-23(21)22)6-5-9(13)7-14-11-3-1-2-4-12(11)15(20)18-17-14;/h1-6,8,23H,7H2,(H,18,20)(H,19,21,22);1H. The van der Waals surface area contributed by atoms with Gasteiger partial charge in [-0.25, -0.2) is 17.9 Å². The van der Waals surface area contributed by atoms with Crippen molar-refractivity contribution >= 4 is 39.8 Å². The third-order valence-electron chi connectivity index (χ3n) is 3.41. The van der Waals surface area contributed by atoms with Crippen LogP contribution >= 0.6 is 12.4 Å². The first-order valence-electron chi connectivity index (χ1n) is 6.70. The number of hydrogen-bond acceptors (Lipinski definition) is 4. The zero-order valence-corrected chi connectivity index (χ0v) is 13.9. The van der Waals surface area contributed by atoms with E-state index in [1.165, 1.54) is 12.1 Å². The Hall–Kier alpha value is -2.45. The zero-order chi connectivity index (χ0) is 16.4. The minimum absolute atomic E-state index is 0. The molecular weight excluding hydrogens is 357 g/mol. The predicted octanol–water partition coefficient (Wildman–Crippen LogP) is 2.01. The van der Waals surface area contributed by atoms with E-state index < -0.39 is 16.7 Å². The van der Waals surface area contributed by atoms with Crippen molar-refractivity contribution in [3.05, 3.63) is 69.9 Å². The van der Waals surface area contributed by atoms with Crippen molar-refractivity contribution in [1.29, 1.82) is 0 Å². The van der Waals surface area contributed by atoms with Crippen molar-refractivity contribution in [3.63, 3.8) is 0 Å². The molecule has 24 heavy (non-hydrogen) atoms. The van der Waals surface area contributed by atoms with Crippen LogP contribution in [0.5, 0.6) is 0 Å². The topological polar surface area (TPSA) is 91.9 Å². The Morgan fingerprint density at radius 1 is 1.12 bits per heavy atom. The zero-order valence-electron chi connectivity index (χ0n) is 12.2. The molecule has 3 rings (SSSR count). The Morgan fingerprint density at radius 2 is 1.83 bits per heavy atom. The van der Waals surface area contributed by atoms with E-state index in [9.17, 15) is 17.6 Å². The molecule has 0 spiro atoms. The number of anilines is 1. The summed E-state index contributed by atoms with van der Waals surface area (Å²) in [7, 11) is -2.84. The van der Waals surface area contributed by atoms with Crippen LogP contribution in [0, 0.1) is 5.82 Å². The molecule has 0 atom stereocenters. The minimum Gasteiger partial charge on any atom is -0.286 e. The van der Waals surface area contributed by atoms with Crippen LogP contribution in [0.1, 0.15) is 11.3 Å². The highest BCUT2D eigenvalue weighted by atomic mass is 35.5. The van der Waals surface area contributed by atoms with E-state index >= 15 is 0 Å². The molecule has 9 heteroatoms. The monoisotopic (exact) mass is 369 g/mol. The van der Waals surface area contributed by atoms with Crippen LogP contribution in [0.3, 0.4) is 0 Å². The summed E-state index contributed by atoms with van der Waals surface area (Å²) in [6, 6.07) is 11.0. The van der Waals surface area contributed by atoms with Gasteiger partial charge in [-0.3, -0.25) is 9.52 Å². The van der Waals surface area contributed by atoms with E-state index in [-0.39, 0.29) is 30.1 Å². The van der Waals surface area contributed by atoms with E-state index in [0.29, 0.717) is 22.0 Å². The SMILES string of the molecule is Cl.O=c1[nH]nc(Cc2ccc(N[SH](=O)=O)cc2F)c2ccccc12. The summed E-state index contributed by atoms with van der Waals surface area (Å²) < 4.78 is 37.4. The van der Waals surface area contributed by atoms with E-state index in [4.69, 9.17) is 0 Å². The fraction of sp³-hybridized carbons (Fsp3) is 0.0667. The van der Waals surface area contributed by atoms with Gasteiger partial charge in [-0.2, -0.15) is 5.10 Å². The quantitative estimate of drug-likeness (QED) is 0.613. The van der Waals surface area contributed by atoms with E-state index in [1.54, 1.807) is 24.3 Å². The van der Waals surface area contributed by atoms with Crippen molar-refractivity contribution in [3.8, 4) is 0 Å². The molecule has 1 aromatic heterocycles. The minimum atomic E-state index is -2.84. The molecule has 2 aromatic carbocycles. The summed E-state index contributed by atoms with van der Waals surface area (Å²) in [5.74, 6) is -0.552. The van der Waals surface area contributed by atoms with Crippen LogP contribution in [0.4, 0.5) is 10.1 Å². The second-order valence-electron chi connectivity index (χ2n) is 4.90. The normalized spacial score (nSPS) is 10.6. The number of rotatable bonds is 4. The lowest BCUT2D eigenvalue weighted by molar-refractivity contribution is 0.613. The summed E-state index contributed by atoms with van der Waals surface area (Å²) in [6.45, 7) is 0. The first kappa shape index (κ1) is 17.9. The Balaban J connectivity index is 0.00000208. The molecule has 0 amide bonds. The van der Waals surface area contributed by atoms with E-state index in [2.05, 4.69) is 14.9 Å². The average Bonchev–Trinajstić information content (AvgIpc) is 2.52. The van der Waals surface area contributed by atoms with Gasteiger partial charge in [0.15, 0.2) is 0 Å². The summed E-state index contributed by atoms with van der Waals surface area (Å²) >= 11 is 0. The number of H-pyrrole nitrogens is 1. The molecule has 3 aromatic rings. The molecule has 0 aliphatic rings. The van der Waals surface area contributed by atoms with Gasteiger partial charge in [0.25, 0.3) is 5.56 Å². The molecule has 0 aliphatic carbocycles. The number of aromatic nitrogens is 2. The van der Waals surface area contributed by atoms with Gasteiger partial charge in [-0.1, -0.05) is 24.3 Å². The van der Waals surface area contributed by atoms with Gasteiger partial charge in [0.2, 0.25) is 10.9 Å². The maximum atomic E-state index is 14.1. The molecular formula is C15H13ClFN3O3S. The second-order valence-corrected chi connectivity index (χ2v) is 5.63. The van der Waals surface area contributed by atoms with Crippen LogP contribution in [0.2, 0.25) is 0 Å². The Labute approximate surface area is 144 Å². The molecule has 0 aliphatic heterocycles. The number of nitrogens with zero attached hydrogens (tertiary/aromatic N) is 1. The number of thiol groups is 1. The molecule has 2 N–H and O–H groups in total. The molecule has 0 saturated carbocycles. The lowest BCUT2D eigenvalue weighted by atomic mass is 10.0. The number of halogens is 2. The van der Waals surface area contributed by atoms with Gasteiger partial charge in [0.1, 0.15) is 5.82 Å². The lowest BCUT2D eigenvalue weighted by Gasteiger charge is -2.07. The highest BCUT2D eigenvalue weighted by Gasteiger charge is 2.10. The van der Waals surface area contributed by atoms with Crippen LogP contribution in [0.25, 0.3) is 10.8 Å². The van der Waals surface area contributed by atoms with Gasteiger partial charge < -0.3 is 0 Å². The number of benzene rings is 2. The Morgan fingerprint density at radius 3 is 2.50 bits per heavy atom. The average molecular weight is 370 g/mol. The molecule has 1 heterocycles. The van der Waals surface area contributed by atoms with Crippen molar-refractivity contribution < 1.29 is 12.8 Å². The van der Waals surface area contributed by atoms with Gasteiger partial charge >= 0.3 is 0 Å². The van der Waals surface area contributed by atoms with Gasteiger partial charge in [0, 0.05) is 11.8 Å². The largest absolute Gasteiger partial charge is 0.286 e. The molecule has 0 radical (unpaired) electrons. The maximum Gasteiger partial charge on any atom is 0.272 e. The highest BCUT2D eigenvalue weighted by molar-refractivity contribution is 7.73. The summed E-state index contributed by atoms with van der Waals surface area (Å²) in [6.07, 6.45) is 0.174.